The highest BCUT2D eigenvalue weighted by molar-refractivity contribution is 7.99. The molecule has 0 bridgehead atoms. The Kier molecular flexibility index (Phi) is 6.19. The van der Waals surface area contributed by atoms with Crippen LogP contribution in [0.5, 0.6) is 0 Å². The van der Waals surface area contributed by atoms with Gasteiger partial charge in [-0.15, -0.1) is 16.9 Å². The number of thioether (sulfide) groups is 1. The minimum absolute atomic E-state index is 0.0430. The number of carbonyl (C=O) groups excluding carboxylic acids is 1. The van der Waals surface area contributed by atoms with E-state index in [1.54, 1.807) is 30.0 Å². The predicted molar refractivity (Wildman–Crippen MR) is 105 cm³/mol. The van der Waals surface area contributed by atoms with Crippen LogP contribution in [0.3, 0.4) is 0 Å². The predicted octanol–water partition coefficient (Wildman–Crippen LogP) is 5.47. The summed E-state index contributed by atoms with van der Waals surface area (Å²) in [5, 5.41) is 11.3. The Balaban J connectivity index is 1.53. The maximum absolute atomic E-state index is 12.0. The normalized spacial score (nSPS) is 10.7. The molecule has 2 aromatic carbocycles. The molecule has 0 radical (unpaired) electrons. The molecule has 1 heterocycles. The van der Waals surface area contributed by atoms with Crippen LogP contribution in [0.4, 0.5) is 6.01 Å². The maximum Gasteiger partial charge on any atom is 0.322 e. The molecule has 0 saturated carbocycles. The molecule has 0 aliphatic carbocycles. The van der Waals surface area contributed by atoms with Gasteiger partial charge in [0.15, 0.2) is 0 Å². The zero-order chi connectivity index (χ0) is 18.5. The topological polar surface area (TPSA) is 68.0 Å². The van der Waals surface area contributed by atoms with E-state index < -0.39 is 0 Å². The largest absolute Gasteiger partial charge is 0.403 e. The fourth-order valence-corrected chi connectivity index (χ4v) is 3.52. The van der Waals surface area contributed by atoms with Crippen molar-refractivity contribution >= 4 is 46.9 Å². The Morgan fingerprint density at radius 2 is 1.81 bits per heavy atom. The van der Waals surface area contributed by atoms with Crippen molar-refractivity contribution in [3.05, 3.63) is 58.1 Å². The van der Waals surface area contributed by atoms with E-state index in [1.165, 1.54) is 5.56 Å². The van der Waals surface area contributed by atoms with Gasteiger partial charge in [-0.25, -0.2) is 0 Å². The second-order valence-corrected chi connectivity index (χ2v) is 7.57. The molecular formula is C18H15Cl2N3O2S. The Hall–Kier alpha value is -2.02. The molecule has 0 aliphatic rings. The first kappa shape index (κ1) is 18.8. The Bertz CT molecular complexity index is 893. The molecule has 0 unspecified atom stereocenters. The van der Waals surface area contributed by atoms with E-state index in [0.717, 1.165) is 4.90 Å². The summed E-state index contributed by atoms with van der Waals surface area (Å²) >= 11 is 13.5. The van der Waals surface area contributed by atoms with Crippen molar-refractivity contribution in [3.63, 3.8) is 0 Å². The lowest BCUT2D eigenvalue weighted by Crippen LogP contribution is -2.12. The number of aryl methyl sites for hydroxylation is 1. The minimum Gasteiger partial charge on any atom is -0.403 e. The van der Waals surface area contributed by atoms with Crippen molar-refractivity contribution < 1.29 is 9.21 Å². The standard InChI is InChI=1S/C18H15Cl2N3O2S/c1-11-2-4-15(5-3-11)26-7-6-16(24)21-18-23-22-17(25-18)12-8-13(19)10-14(20)9-12/h2-5,8-10H,6-7H2,1H3,(H,21,23,24). The third-order valence-electron chi connectivity index (χ3n) is 3.40. The van der Waals surface area contributed by atoms with Crippen molar-refractivity contribution in [2.24, 2.45) is 0 Å². The zero-order valence-electron chi connectivity index (χ0n) is 13.8. The lowest BCUT2D eigenvalue weighted by atomic mass is 10.2. The van der Waals surface area contributed by atoms with Gasteiger partial charge in [-0.3, -0.25) is 10.1 Å². The van der Waals surface area contributed by atoms with Crippen LogP contribution < -0.4 is 5.32 Å². The quantitative estimate of drug-likeness (QED) is 0.548. The molecule has 5 nitrogen and oxygen atoms in total. The molecule has 0 aliphatic heterocycles. The second kappa shape index (κ2) is 8.58. The minimum atomic E-state index is -0.191. The molecular weight excluding hydrogens is 393 g/mol. The molecule has 0 spiro atoms. The zero-order valence-corrected chi connectivity index (χ0v) is 16.2. The number of carbonyl (C=O) groups is 1. The highest BCUT2D eigenvalue weighted by Crippen LogP contribution is 2.27. The van der Waals surface area contributed by atoms with E-state index in [4.69, 9.17) is 27.6 Å². The number of nitrogens with one attached hydrogen (secondary N) is 1. The first-order valence-corrected chi connectivity index (χ1v) is 9.53. The average Bonchev–Trinajstić information content (AvgIpc) is 3.04. The lowest BCUT2D eigenvalue weighted by molar-refractivity contribution is -0.115. The fourth-order valence-electron chi connectivity index (χ4n) is 2.15. The van der Waals surface area contributed by atoms with Crippen LogP contribution >= 0.6 is 35.0 Å². The van der Waals surface area contributed by atoms with Crippen LogP contribution in [-0.4, -0.2) is 21.9 Å². The number of anilines is 1. The number of amides is 1. The summed E-state index contributed by atoms with van der Waals surface area (Å²) in [5.74, 6) is 0.697. The maximum atomic E-state index is 12.0. The first-order chi connectivity index (χ1) is 12.5. The Morgan fingerprint density at radius 1 is 1.12 bits per heavy atom. The molecule has 1 amide bonds. The highest BCUT2D eigenvalue weighted by Gasteiger charge is 2.12. The van der Waals surface area contributed by atoms with Gasteiger partial charge in [0, 0.05) is 32.7 Å². The van der Waals surface area contributed by atoms with E-state index in [-0.39, 0.29) is 17.8 Å². The van der Waals surface area contributed by atoms with Crippen LogP contribution in [0.1, 0.15) is 12.0 Å². The van der Waals surface area contributed by atoms with Gasteiger partial charge >= 0.3 is 6.01 Å². The number of halogens is 2. The summed E-state index contributed by atoms with van der Waals surface area (Å²) in [7, 11) is 0. The van der Waals surface area contributed by atoms with Crippen LogP contribution in [0.15, 0.2) is 51.8 Å². The number of rotatable bonds is 6. The molecule has 3 rings (SSSR count). The van der Waals surface area contributed by atoms with Crippen molar-refractivity contribution in [2.45, 2.75) is 18.2 Å². The molecule has 26 heavy (non-hydrogen) atoms. The van der Waals surface area contributed by atoms with Gasteiger partial charge in [-0.2, -0.15) is 0 Å². The molecule has 0 saturated heterocycles. The Labute approximate surface area is 165 Å². The SMILES string of the molecule is Cc1ccc(SCCC(=O)Nc2nnc(-c3cc(Cl)cc(Cl)c3)o2)cc1. The molecule has 0 atom stereocenters. The number of benzene rings is 2. The van der Waals surface area contributed by atoms with Gasteiger partial charge < -0.3 is 4.42 Å². The first-order valence-electron chi connectivity index (χ1n) is 7.79. The molecule has 134 valence electrons. The summed E-state index contributed by atoms with van der Waals surface area (Å²) < 4.78 is 5.45. The van der Waals surface area contributed by atoms with Gasteiger partial charge in [0.2, 0.25) is 11.8 Å². The van der Waals surface area contributed by atoms with Crippen molar-refractivity contribution in [2.75, 3.05) is 11.1 Å². The summed E-state index contributed by atoms with van der Waals surface area (Å²) in [6.45, 7) is 2.04. The van der Waals surface area contributed by atoms with Crippen LogP contribution in [-0.2, 0) is 4.79 Å². The summed E-state index contributed by atoms with van der Waals surface area (Å²) in [5.41, 5.74) is 1.80. The molecule has 8 heteroatoms. The molecule has 1 aromatic heterocycles. The van der Waals surface area contributed by atoms with E-state index in [2.05, 4.69) is 15.5 Å². The number of hydrogen-bond donors (Lipinski definition) is 1. The Morgan fingerprint density at radius 3 is 2.50 bits per heavy atom. The third kappa shape index (κ3) is 5.24. The van der Waals surface area contributed by atoms with E-state index in [9.17, 15) is 4.79 Å². The summed E-state index contributed by atoms with van der Waals surface area (Å²) in [4.78, 5) is 13.1. The second-order valence-electron chi connectivity index (χ2n) is 5.53. The average molecular weight is 408 g/mol. The van der Waals surface area contributed by atoms with Gasteiger partial charge in [0.25, 0.3) is 0 Å². The van der Waals surface area contributed by atoms with Gasteiger partial charge in [-0.05, 0) is 37.3 Å². The van der Waals surface area contributed by atoms with Gasteiger partial charge in [0.1, 0.15) is 0 Å². The van der Waals surface area contributed by atoms with E-state index in [0.29, 0.717) is 27.8 Å². The van der Waals surface area contributed by atoms with Gasteiger partial charge in [-0.1, -0.05) is 46.0 Å². The highest BCUT2D eigenvalue weighted by atomic mass is 35.5. The van der Waals surface area contributed by atoms with Crippen molar-refractivity contribution in [1.82, 2.24) is 10.2 Å². The van der Waals surface area contributed by atoms with Crippen molar-refractivity contribution in [1.29, 1.82) is 0 Å². The molecule has 1 N–H and O–H groups in total. The monoisotopic (exact) mass is 407 g/mol. The third-order valence-corrected chi connectivity index (χ3v) is 4.85. The van der Waals surface area contributed by atoms with Crippen LogP contribution in [0, 0.1) is 6.92 Å². The molecule has 0 fully saturated rings. The van der Waals surface area contributed by atoms with Crippen LogP contribution in [0.2, 0.25) is 10.0 Å². The van der Waals surface area contributed by atoms with Gasteiger partial charge in [0.05, 0.1) is 0 Å². The number of hydrogen-bond acceptors (Lipinski definition) is 5. The smallest absolute Gasteiger partial charge is 0.322 e. The molecule has 3 aromatic rings. The summed E-state index contributed by atoms with van der Waals surface area (Å²) in [6, 6.07) is 13.1. The van der Waals surface area contributed by atoms with Crippen molar-refractivity contribution in [3.8, 4) is 11.5 Å². The van der Waals surface area contributed by atoms with E-state index >= 15 is 0 Å². The number of nitrogens with zero attached hydrogens (tertiary/aromatic N) is 2. The van der Waals surface area contributed by atoms with E-state index in [1.807, 2.05) is 31.2 Å². The van der Waals surface area contributed by atoms with Crippen LogP contribution in [0.25, 0.3) is 11.5 Å². The number of aromatic nitrogens is 2. The fraction of sp³-hybridized carbons (Fsp3) is 0.167. The lowest BCUT2D eigenvalue weighted by Gasteiger charge is -2.02. The summed E-state index contributed by atoms with van der Waals surface area (Å²) in [6.07, 6.45) is 0.333.